The lowest BCUT2D eigenvalue weighted by Gasteiger charge is -2.18. The highest BCUT2D eigenvalue weighted by atomic mass is 19.4. The lowest BCUT2D eigenvalue weighted by molar-refractivity contribution is -0.384. The molecule has 0 radical (unpaired) electrons. The number of hydrogen-bond donors (Lipinski definition) is 2. The first kappa shape index (κ1) is 20.2. The molecular formula is C14H16F3N3O5. The van der Waals surface area contributed by atoms with E-state index in [4.69, 9.17) is 5.11 Å². The number of aliphatic carboxylic acids is 1. The Morgan fingerprint density at radius 2 is 2.00 bits per heavy atom. The lowest BCUT2D eigenvalue weighted by Crippen LogP contribution is -2.36. The summed E-state index contributed by atoms with van der Waals surface area (Å²) in [6, 6.07) is 2.02. The van der Waals surface area contributed by atoms with E-state index in [9.17, 15) is 32.9 Å². The Morgan fingerprint density at radius 3 is 2.48 bits per heavy atom. The molecule has 1 aromatic rings. The molecule has 1 rings (SSSR count). The number of nitro benzene ring substituents is 1. The smallest absolute Gasteiger partial charge is 0.416 e. The molecule has 0 aliphatic heterocycles. The first-order chi connectivity index (χ1) is 11.6. The molecule has 0 aromatic heterocycles. The number of hydrogen-bond acceptors (Lipinski definition) is 5. The monoisotopic (exact) mass is 363 g/mol. The van der Waals surface area contributed by atoms with E-state index < -0.39 is 40.8 Å². The topological polar surface area (TPSA) is 113 Å². The van der Waals surface area contributed by atoms with Crippen LogP contribution in [0.25, 0.3) is 0 Å². The molecule has 0 spiro atoms. The van der Waals surface area contributed by atoms with Crippen LogP contribution in [0.4, 0.5) is 24.5 Å². The summed E-state index contributed by atoms with van der Waals surface area (Å²) in [6.45, 7) is 1.19. The van der Waals surface area contributed by atoms with Crippen molar-refractivity contribution in [3.05, 3.63) is 33.9 Å². The number of nitrogens with one attached hydrogen (secondary N) is 1. The maximum atomic E-state index is 12.6. The lowest BCUT2D eigenvalue weighted by atomic mass is 10.1. The summed E-state index contributed by atoms with van der Waals surface area (Å²) in [5.41, 5.74) is -2.08. The van der Waals surface area contributed by atoms with Gasteiger partial charge in [-0.2, -0.15) is 13.2 Å². The van der Waals surface area contributed by atoms with Gasteiger partial charge in [-0.3, -0.25) is 19.7 Å². The van der Waals surface area contributed by atoms with Gasteiger partial charge in [-0.25, -0.2) is 0 Å². The second kappa shape index (κ2) is 8.31. The Bertz CT molecular complexity index is 664. The fourth-order valence-corrected chi connectivity index (χ4v) is 2.01. The molecule has 0 aliphatic rings. The summed E-state index contributed by atoms with van der Waals surface area (Å²) in [7, 11) is 0. The van der Waals surface area contributed by atoms with Gasteiger partial charge in [0, 0.05) is 25.6 Å². The molecule has 11 heteroatoms. The van der Waals surface area contributed by atoms with Gasteiger partial charge in [-0.15, -0.1) is 0 Å². The van der Waals surface area contributed by atoms with Gasteiger partial charge in [0.2, 0.25) is 5.91 Å². The maximum Gasteiger partial charge on any atom is 0.416 e. The molecule has 25 heavy (non-hydrogen) atoms. The molecule has 0 unspecified atom stereocenters. The Labute approximate surface area is 140 Å². The number of alkyl halides is 3. The van der Waals surface area contributed by atoms with Crippen LogP contribution in [0, 0.1) is 10.1 Å². The molecule has 0 saturated heterocycles. The van der Waals surface area contributed by atoms with E-state index in [0.29, 0.717) is 12.1 Å². The van der Waals surface area contributed by atoms with Crippen LogP contribution in [0.2, 0.25) is 0 Å². The number of carbonyl (C=O) groups is 2. The van der Waals surface area contributed by atoms with Gasteiger partial charge in [-0.1, -0.05) is 0 Å². The van der Waals surface area contributed by atoms with Crippen LogP contribution in [0.3, 0.4) is 0 Å². The Kier molecular flexibility index (Phi) is 6.71. The molecule has 0 bridgehead atoms. The normalized spacial score (nSPS) is 11.0. The van der Waals surface area contributed by atoms with Gasteiger partial charge in [0.1, 0.15) is 12.2 Å². The number of anilines is 1. The molecule has 2 N–H and O–H groups in total. The van der Waals surface area contributed by atoms with Crippen molar-refractivity contribution in [3.63, 3.8) is 0 Å². The van der Waals surface area contributed by atoms with Gasteiger partial charge < -0.3 is 15.3 Å². The highest BCUT2D eigenvalue weighted by Crippen LogP contribution is 2.34. The maximum absolute atomic E-state index is 12.6. The highest BCUT2D eigenvalue weighted by molar-refractivity contribution is 5.81. The number of benzene rings is 1. The first-order valence-corrected chi connectivity index (χ1v) is 7.15. The molecule has 138 valence electrons. The van der Waals surface area contributed by atoms with Crippen molar-refractivity contribution in [2.24, 2.45) is 0 Å². The third kappa shape index (κ3) is 5.94. The quantitative estimate of drug-likeness (QED) is 0.541. The van der Waals surface area contributed by atoms with Gasteiger partial charge in [0.15, 0.2) is 0 Å². The minimum absolute atomic E-state index is 0.0961. The van der Waals surface area contributed by atoms with Crippen LogP contribution >= 0.6 is 0 Å². The number of halogens is 3. The first-order valence-electron chi connectivity index (χ1n) is 7.15. The van der Waals surface area contributed by atoms with Gasteiger partial charge >= 0.3 is 12.1 Å². The van der Waals surface area contributed by atoms with Crippen molar-refractivity contribution in [1.82, 2.24) is 4.90 Å². The van der Waals surface area contributed by atoms with E-state index >= 15 is 0 Å². The fourth-order valence-electron chi connectivity index (χ4n) is 2.01. The molecule has 1 amide bonds. The average molecular weight is 363 g/mol. The Balaban J connectivity index is 2.78. The molecule has 0 atom stereocenters. The van der Waals surface area contributed by atoms with Crippen LogP contribution in [0.5, 0.6) is 0 Å². The SMILES string of the molecule is CCN(CC(=O)O)C(=O)CCNc1ccc(C(F)(F)F)cc1[N+](=O)[O-]. The number of nitrogens with zero attached hydrogens (tertiary/aromatic N) is 2. The van der Waals surface area contributed by atoms with Gasteiger partial charge in [0.05, 0.1) is 10.5 Å². The van der Waals surface area contributed by atoms with Crippen LogP contribution in [-0.2, 0) is 15.8 Å². The predicted molar refractivity (Wildman–Crippen MR) is 81.1 cm³/mol. The standard InChI is InChI=1S/C14H16F3N3O5/c1-2-19(8-13(22)23)12(21)5-6-18-10-4-3-9(14(15,16)17)7-11(10)20(24)25/h3-4,7,18H,2,5-6,8H2,1H3,(H,22,23). The summed E-state index contributed by atoms with van der Waals surface area (Å²) in [5, 5.41) is 22.1. The number of carboxylic acids is 1. The Morgan fingerprint density at radius 1 is 1.36 bits per heavy atom. The number of nitro groups is 1. The van der Waals surface area contributed by atoms with Crippen LogP contribution < -0.4 is 5.32 Å². The minimum atomic E-state index is -4.71. The largest absolute Gasteiger partial charge is 0.480 e. The van der Waals surface area contributed by atoms with Crippen molar-refractivity contribution in [2.45, 2.75) is 19.5 Å². The molecule has 8 nitrogen and oxygen atoms in total. The number of carboxylic acid groups (broad SMARTS) is 1. The number of amides is 1. The van der Waals surface area contributed by atoms with Crippen molar-refractivity contribution in [1.29, 1.82) is 0 Å². The number of rotatable bonds is 8. The molecular weight excluding hydrogens is 347 g/mol. The highest BCUT2D eigenvalue weighted by Gasteiger charge is 2.33. The Hall–Kier alpha value is -2.85. The van der Waals surface area contributed by atoms with Gasteiger partial charge in [-0.05, 0) is 19.1 Å². The van der Waals surface area contributed by atoms with Crippen LogP contribution in [0.15, 0.2) is 18.2 Å². The molecule has 0 aliphatic carbocycles. The molecule has 0 fully saturated rings. The summed E-state index contributed by atoms with van der Waals surface area (Å²) >= 11 is 0. The van der Waals surface area contributed by atoms with E-state index in [0.717, 1.165) is 11.0 Å². The van der Waals surface area contributed by atoms with E-state index in [2.05, 4.69) is 5.32 Å². The molecule has 0 saturated carbocycles. The zero-order valence-corrected chi connectivity index (χ0v) is 13.2. The number of likely N-dealkylation sites (N-methyl/N-ethyl adjacent to an activating group) is 1. The average Bonchev–Trinajstić information content (AvgIpc) is 2.51. The predicted octanol–water partition coefficient (Wildman–Crippen LogP) is 2.35. The van der Waals surface area contributed by atoms with E-state index in [1.807, 2.05) is 0 Å². The molecule has 0 heterocycles. The minimum Gasteiger partial charge on any atom is -0.480 e. The zero-order chi connectivity index (χ0) is 19.2. The van der Waals surface area contributed by atoms with E-state index in [1.54, 1.807) is 6.92 Å². The fraction of sp³-hybridized carbons (Fsp3) is 0.429. The van der Waals surface area contributed by atoms with E-state index in [1.165, 1.54) is 0 Å². The third-order valence-corrected chi connectivity index (χ3v) is 3.24. The van der Waals surface area contributed by atoms with Crippen molar-refractivity contribution in [3.8, 4) is 0 Å². The van der Waals surface area contributed by atoms with Crippen LogP contribution in [0.1, 0.15) is 18.9 Å². The van der Waals surface area contributed by atoms with Crippen molar-refractivity contribution >= 4 is 23.3 Å². The number of carbonyl (C=O) groups excluding carboxylic acids is 1. The third-order valence-electron chi connectivity index (χ3n) is 3.24. The van der Waals surface area contributed by atoms with Crippen molar-refractivity contribution < 1.29 is 32.8 Å². The summed E-state index contributed by atoms with van der Waals surface area (Å²) in [5.74, 6) is -1.67. The second-order valence-corrected chi connectivity index (χ2v) is 4.97. The summed E-state index contributed by atoms with van der Waals surface area (Å²) in [6.07, 6.45) is -4.88. The zero-order valence-electron chi connectivity index (χ0n) is 13.2. The second-order valence-electron chi connectivity index (χ2n) is 4.97. The summed E-state index contributed by atoms with van der Waals surface area (Å²) < 4.78 is 37.8. The summed E-state index contributed by atoms with van der Waals surface area (Å²) in [4.78, 5) is 33.5. The van der Waals surface area contributed by atoms with Crippen LogP contribution in [-0.4, -0.2) is 46.4 Å². The molecule has 1 aromatic carbocycles. The van der Waals surface area contributed by atoms with Gasteiger partial charge in [0.25, 0.3) is 5.69 Å². The van der Waals surface area contributed by atoms with E-state index in [-0.39, 0.29) is 25.2 Å². The van der Waals surface area contributed by atoms with Crippen molar-refractivity contribution in [2.75, 3.05) is 25.0 Å².